The first-order valence-electron chi connectivity index (χ1n) is 9.50. The van der Waals surface area contributed by atoms with E-state index in [1.165, 1.54) is 12.1 Å². The molecule has 1 saturated heterocycles. The minimum Gasteiger partial charge on any atom is -0.369 e. The number of rotatable bonds is 3. The van der Waals surface area contributed by atoms with Gasteiger partial charge in [-0.2, -0.15) is 0 Å². The molecule has 1 atom stereocenters. The predicted octanol–water partition coefficient (Wildman–Crippen LogP) is 4.64. The van der Waals surface area contributed by atoms with Crippen LogP contribution >= 0.6 is 11.6 Å². The highest BCUT2D eigenvalue weighted by molar-refractivity contribution is 6.31. The molecule has 148 valence electrons. The lowest BCUT2D eigenvalue weighted by molar-refractivity contribution is -0.123. The van der Waals surface area contributed by atoms with E-state index in [0.29, 0.717) is 29.2 Å². The van der Waals surface area contributed by atoms with Gasteiger partial charge in [0.25, 0.3) is 5.91 Å². The molecule has 3 aromatic rings. The number of carbonyl (C=O) groups is 2. The maximum atomic E-state index is 13.8. The number of amides is 2. The lowest BCUT2D eigenvalue weighted by Crippen LogP contribution is -2.44. The molecular weight excluding hydrogens is 391 g/mol. The molecule has 0 aromatic heterocycles. The molecule has 1 unspecified atom stereocenters. The zero-order valence-electron chi connectivity index (χ0n) is 15.7. The molecular formula is C23H20ClFN2O2. The Morgan fingerprint density at radius 1 is 1.10 bits per heavy atom. The van der Waals surface area contributed by atoms with Crippen LogP contribution in [0.3, 0.4) is 0 Å². The number of piperidine rings is 1. The van der Waals surface area contributed by atoms with Gasteiger partial charge in [0.05, 0.1) is 5.92 Å². The van der Waals surface area contributed by atoms with E-state index in [4.69, 9.17) is 17.3 Å². The van der Waals surface area contributed by atoms with Crippen LogP contribution in [0.1, 0.15) is 23.2 Å². The van der Waals surface area contributed by atoms with Gasteiger partial charge in [0.1, 0.15) is 5.82 Å². The van der Waals surface area contributed by atoms with Gasteiger partial charge in [0.15, 0.2) is 0 Å². The van der Waals surface area contributed by atoms with Gasteiger partial charge in [-0.1, -0.05) is 35.9 Å². The molecule has 0 radical (unpaired) electrons. The molecule has 0 aliphatic carbocycles. The van der Waals surface area contributed by atoms with E-state index < -0.39 is 5.82 Å². The number of nitrogens with two attached hydrogens (primary N) is 1. The summed E-state index contributed by atoms with van der Waals surface area (Å²) in [4.78, 5) is 26.2. The molecule has 4 nitrogen and oxygen atoms in total. The van der Waals surface area contributed by atoms with E-state index in [9.17, 15) is 14.0 Å². The maximum Gasteiger partial charge on any atom is 0.253 e. The molecule has 2 amide bonds. The van der Waals surface area contributed by atoms with Crippen LogP contribution in [0.5, 0.6) is 0 Å². The Kier molecular flexibility index (Phi) is 5.24. The van der Waals surface area contributed by atoms with E-state index in [2.05, 4.69) is 0 Å². The average molecular weight is 411 g/mol. The van der Waals surface area contributed by atoms with Crippen LogP contribution in [0, 0.1) is 11.7 Å². The lowest BCUT2D eigenvalue weighted by atomic mass is 9.95. The fourth-order valence-corrected chi connectivity index (χ4v) is 4.18. The first-order valence-corrected chi connectivity index (χ1v) is 9.88. The SMILES string of the molecule is NC(=O)C1CCCN(C(=O)c2ccc3c(-c4cc(F)cc(Cl)c4)cccc3c2)C1. The van der Waals surface area contributed by atoms with Crippen molar-refractivity contribution in [2.45, 2.75) is 12.8 Å². The van der Waals surface area contributed by atoms with Gasteiger partial charge in [-0.05, 0) is 65.1 Å². The number of nitrogens with zero attached hydrogens (tertiary/aromatic N) is 1. The fraction of sp³-hybridized carbons (Fsp3) is 0.217. The van der Waals surface area contributed by atoms with E-state index >= 15 is 0 Å². The normalized spacial score (nSPS) is 16.8. The first kappa shape index (κ1) is 19.4. The molecule has 6 heteroatoms. The van der Waals surface area contributed by atoms with Crippen LogP contribution in [0.2, 0.25) is 5.02 Å². The van der Waals surface area contributed by atoms with Crippen molar-refractivity contribution in [2.24, 2.45) is 11.7 Å². The van der Waals surface area contributed by atoms with Crippen molar-refractivity contribution in [1.29, 1.82) is 0 Å². The van der Waals surface area contributed by atoms with Crippen molar-refractivity contribution in [2.75, 3.05) is 13.1 Å². The molecule has 29 heavy (non-hydrogen) atoms. The van der Waals surface area contributed by atoms with Crippen LogP contribution in [-0.2, 0) is 4.79 Å². The molecule has 1 aliphatic rings. The third kappa shape index (κ3) is 3.96. The Morgan fingerprint density at radius 3 is 2.69 bits per heavy atom. The Bertz CT molecular complexity index is 1090. The van der Waals surface area contributed by atoms with Gasteiger partial charge in [0.2, 0.25) is 5.91 Å². The van der Waals surface area contributed by atoms with Crippen molar-refractivity contribution in [3.8, 4) is 11.1 Å². The highest BCUT2D eigenvalue weighted by Gasteiger charge is 2.27. The van der Waals surface area contributed by atoms with Gasteiger partial charge < -0.3 is 10.6 Å². The third-order valence-corrected chi connectivity index (χ3v) is 5.63. The van der Waals surface area contributed by atoms with Gasteiger partial charge in [-0.25, -0.2) is 4.39 Å². The second-order valence-corrected chi connectivity index (χ2v) is 7.83. The summed E-state index contributed by atoms with van der Waals surface area (Å²) >= 11 is 6.01. The molecule has 4 rings (SSSR count). The van der Waals surface area contributed by atoms with Crippen molar-refractivity contribution in [3.05, 3.63) is 71.0 Å². The summed E-state index contributed by atoms with van der Waals surface area (Å²) in [6.45, 7) is 0.969. The monoisotopic (exact) mass is 410 g/mol. The zero-order chi connectivity index (χ0) is 20.5. The number of benzene rings is 3. The highest BCUT2D eigenvalue weighted by atomic mass is 35.5. The van der Waals surface area contributed by atoms with Gasteiger partial charge >= 0.3 is 0 Å². The molecule has 0 bridgehead atoms. The Hall–Kier alpha value is -2.92. The minimum absolute atomic E-state index is 0.114. The maximum absolute atomic E-state index is 13.8. The number of carbonyl (C=O) groups excluding carboxylic acids is 2. The van der Waals surface area contributed by atoms with Crippen LogP contribution in [0.4, 0.5) is 4.39 Å². The topological polar surface area (TPSA) is 63.4 Å². The number of hydrogen-bond donors (Lipinski definition) is 1. The smallest absolute Gasteiger partial charge is 0.253 e. The standard InChI is InChI=1S/C23H20ClFN2O2/c24-18-10-17(11-19(25)12-18)20-5-1-3-14-9-15(6-7-21(14)20)23(29)27-8-2-4-16(13-27)22(26)28/h1,3,5-7,9-12,16H,2,4,8,13H2,(H2,26,28). The number of primary amides is 1. The molecule has 1 fully saturated rings. The van der Waals surface area contributed by atoms with E-state index in [1.54, 1.807) is 17.0 Å². The Balaban J connectivity index is 1.68. The van der Waals surface area contributed by atoms with Gasteiger partial charge in [0, 0.05) is 23.7 Å². The third-order valence-electron chi connectivity index (χ3n) is 5.41. The van der Waals surface area contributed by atoms with Crippen molar-refractivity contribution in [3.63, 3.8) is 0 Å². The summed E-state index contributed by atoms with van der Waals surface area (Å²) in [6.07, 6.45) is 1.48. The predicted molar refractivity (Wildman–Crippen MR) is 112 cm³/mol. The van der Waals surface area contributed by atoms with Crippen molar-refractivity contribution in [1.82, 2.24) is 4.90 Å². The van der Waals surface area contributed by atoms with E-state index in [0.717, 1.165) is 29.2 Å². The van der Waals surface area contributed by atoms with Gasteiger partial charge in [-0.3, -0.25) is 9.59 Å². The van der Waals surface area contributed by atoms with E-state index in [1.807, 2.05) is 30.3 Å². The first-order chi connectivity index (χ1) is 13.9. The van der Waals surface area contributed by atoms with Crippen LogP contribution < -0.4 is 5.73 Å². The molecule has 1 aliphatic heterocycles. The summed E-state index contributed by atoms with van der Waals surface area (Å²) in [7, 11) is 0. The fourth-order valence-electron chi connectivity index (χ4n) is 3.95. The van der Waals surface area contributed by atoms with Crippen LogP contribution in [0.25, 0.3) is 21.9 Å². The number of likely N-dealkylation sites (tertiary alicyclic amines) is 1. The molecule has 0 saturated carbocycles. The largest absolute Gasteiger partial charge is 0.369 e. The summed E-state index contributed by atoms with van der Waals surface area (Å²) in [6, 6.07) is 15.6. The summed E-state index contributed by atoms with van der Waals surface area (Å²) < 4.78 is 13.8. The van der Waals surface area contributed by atoms with Crippen LogP contribution in [-0.4, -0.2) is 29.8 Å². The second-order valence-electron chi connectivity index (χ2n) is 7.39. The Morgan fingerprint density at radius 2 is 1.93 bits per heavy atom. The van der Waals surface area contributed by atoms with E-state index in [-0.39, 0.29) is 17.7 Å². The molecule has 3 aromatic carbocycles. The van der Waals surface area contributed by atoms with Crippen molar-refractivity contribution < 1.29 is 14.0 Å². The minimum atomic E-state index is -0.398. The molecule has 2 N–H and O–H groups in total. The molecule has 1 heterocycles. The zero-order valence-corrected chi connectivity index (χ0v) is 16.5. The quantitative estimate of drug-likeness (QED) is 0.683. The summed E-state index contributed by atoms with van der Waals surface area (Å²) in [5.41, 5.74) is 7.50. The number of fused-ring (bicyclic) bond motifs is 1. The number of hydrogen-bond acceptors (Lipinski definition) is 2. The Labute approximate surface area is 173 Å². The summed E-state index contributed by atoms with van der Waals surface area (Å²) in [5, 5.41) is 2.11. The van der Waals surface area contributed by atoms with Crippen LogP contribution in [0.15, 0.2) is 54.6 Å². The molecule has 0 spiro atoms. The van der Waals surface area contributed by atoms with Gasteiger partial charge in [-0.15, -0.1) is 0 Å². The highest BCUT2D eigenvalue weighted by Crippen LogP contribution is 2.32. The average Bonchev–Trinajstić information content (AvgIpc) is 2.71. The van der Waals surface area contributed by atoms with Crippen molar-refractivity contribution >= 4 is 34.2 Å². The number of halogens is 2. The lowest BCUT2D eigenvalue weighted by Gasteiger charge is -2.31. The second kappa shape index (κ2) is 7.84. The summed E-state index contributed by atoms with van der Waals surface area (Å²) in [5.74, 6) is -1.17.